The Hall–Kier alpha value is -0.650. The largest absolute Gasteiger partial charge is 0.349 e. The summed E-state index contributed by atoms with van der Waals surface area (Å²) in [6.07, 6.45) is 0.852. The first kappa shape index (κ1) is 14.8. The molecule has 2 nitrogen and oxygen atoms in total. The first-order chi connectivity index (χ1) is 9.04. The van der Waals surface area contributed by atoms with E-state index in [4.69, 9.17) is 0 Å². The summed E-state index contributed by atoms with van der Waals surface area (Å²) in [4.78, 5) is 12.1. The van der Waals surface area contributed by atoms with Gasteiger partial charge >= 0.3 is 0 Å². The predicted molar refractivity (Wildman–Crippen MR) is 86.8 cm³/mol. The Balaban J connectivity index is 2.00. The number of nitrogens with one attached hydrogen (secondary N) is 1. The maximum atomic E-state index is 12.1. The lowest BCUT2D eigenvalue weighted by molar-refractivity contribution is 0.0940. The number of amides is 1. The molecule has 2 aromatic rings. The zero-order valence-corrected chi connectivity index (χ0v) is 14.3. The third-order valence-electron chi connectivity index (χ3n) is 2.62. The average Bonchev–Trinajstić information content (AvgIpc) is 2.80. The van der Waals surface area contributed by atoms with Crippen molar-refractivity contribution in [3.8, 4) is 0 Å². The molecule has 100 valence electrons. The van der Waals surface area contributed by atoms with Gasteiger partial charge in [-0.3, -0.25) is 4.79 Å². The number of carbonyl (C=O) groups excluding carboxylic acids is 1. The summed E-state index contributed by atoms with van der Waals surface area (Å²) in [5.41, 5.74) is 1.91. The van der Waals surface area contributed by atoms with Crippen LogP contribution in [0.4, 0.5) is 0 Å². The third kappa shape index (κ3) is 4.44. The molecule has 0 spiro atoms. The van der Waals surface area contributed by atoms with E-state index in [0.29, 0.717) is 5.56 Å². The van der Waals surface area contributed by atoms with Crippen molar-refractivity contribution in [3.63, 3.8) is 0 Å². The second-order valence-corrected chi connectivity index (χ2v) is 6.98. The van der Waals surface area contributed by atoms with Gasteiger partial charge in [0.05, 0.1) is 0 Å². The molecule has 0 radical (unpaired) electrons. The summed E-state index contributed by atoms with van der Waals surface area (Å²) in [7, 11) is 0. The molecular weight excluding hydrogens is 390 g/mol. The van der Waals surface area contributed by atoms with Crippen molar-refractivity contribution in [1.29, 1.82) is 0 Å². The van der Waals surface area contributed by atoms with Crippen LogP contribution >= 0.6 is 43.2 Å². The van der Waals surface area contributed by atoms with Crippen LogP contribution in [0.3, 0.4) is 0 Å². The molecule has 1 heterocycles. The Morgan fingerprint density at radius 1 is 1.32 bits per heavy atom. The van der Waals surface area contributed by atoms with Gasteiger partial charge in [-0.05, 0) is 53.9 Å². The van der Waals surface area contributed by atoms with Crippen molar-refractivity contribution in [2.24, 2.45) is 0 Å². The van der Waals surface area contributed by atoms with Crippen molar-refractivity contribution in [2.45, 2.75) is 19.4 Å². The fraction of sp³-hybridized carbons (Fsp3) is 0.214. The maximum absolute atomic E-state index is 12.1. The van der Waals surface area contributed by atoms with Gasteiger partial charge in [0.2, 0.25) is 0 Å². The van der Waals surface area contributed by atoms with Crippen LogP contribution in [-0.4, -0.2) is 11.9 Å². The van der Waals surface area contributed by atoms with Gasteiger partial charge in [0.15, 0.2) is 0 Å². The topological polar surface area (TPSA) is 29.1 Å². The predicted octanol–water partition coefficient (Wildman–Crippen LogP) is 4.63. The first-order valence-corrected chi connectivity index (χ1v) is 8.35. The van der Waals surface area contributed by atoms with E-state index in [1.807, 2.05) is 25.1 Å². The molecule has 1 atom stereocenters. The lowest BCUT2D eigenvalue weighted by Crippen LogP contribution is -2.34. The van der Waals surface area contributed by atoms with Crippen LogP contribution in [0.1, 0.15) is 22.8 Å². The summed E-state index contributed by atoms with van der Waals surface area (Å²) in [6.45, 7) is 2.02. The molecule has 0 aliphatic rings. The van der Waals surface area contributed by atoms with Crippen LogP contribution < -0.4 is 5.32 Å². The summed E-state index contributed by atoms with van der Waals surface area (Å²) in [5.74, 6) is -0.0512. The quantitative estimate of drug-likeness (QED) is 0.793. The van der Waals surface area contributed by atoms with Crippen molar-refractivity contribution in [3.05, 3.63) is 55.1 Å². The molecular formula is C14H13Br2NOS. The average molecular weight is 403 g/mol. The summed E-state index contributed by atoms with van der Waals surface area (Å²) >= 11 is 8.45. The van der Waals surface area contributed by atoms with E-state index in [-0.39, 0.29) is 11.9 Å². The number of rotatable bonds is 4. The first-order valence-electron chi connectivity index (χ1n) is 5.82. The standard InChI is InChI=1S/C14H13Br2NOS/c1-9(4-10-2-3-19-8-10)17-14(18)11-5-12(15)7-13(16)6-11/h2-3,5-9H,4H2,1H3,(H,17,18). The number of hydrogen-bond donors (Lipinski definition) is 1. The number of carbonyl (C=O) groups is 1. The van der Waals surface area contributed by atoms with E-state index in [2.05, 4.69) is 54.0 Å². The molecule has 1 aromatic carbocycles. The van der Waals surface area contributed by atoms with E-state index in [1.165, 1.54) is 5.56 Å². The Morgan fingerprint density at radius 3 is 2.58 bits per heavy atom. The fourth-order valence-electron chi connectivity index (χ4n) is 1.81. The monoisotopic (exact) mass is 401 g/mol. The summed E-state index contributed by atoms with van der Waals surface area (Å²) in [5, 5.41) is 7.17. The van der Waals surface area contributed by atoms with Crippen LogP contribution in [0.2, 0.25) is 0 Å². The van der Waals surface area contributed by atoms with E-state index in [0.717, 1.165) is 15.4 Å². The van der Waals surface area contributed by atoms with E-state index >= 15 is 0 Å². The Morgan fingerprint density at radius 2 is 2.00 bits per heavy atom. The van der Waals surface area contributed by atoms with Gasteiger partial charge in [-0.25, -0.2) is 0 Å². The highest BCUT2D eigenvalue weighted by Gasteiger charge is 2.11. The SMILES string of the molecule is CC(Cc1ccsc1)NC(=O)c1cc(Br)cc(Br)c1. The molecule has 0 aliphatic heterocycles. The number of halogens is 2. The van der Waals surface area contributed by atoms with Crippen molar-refractivity contribution in [1.82, 2.24) is 5.32 Å². The molecule has 0 bridgehead atoms. The summed E-state index contributed by atoms with van der Waals surface area (Å²) < 4.78 is 1.77. The third-order valence-corrected chi connectivity index (χ3v) is 4.27. The minimum absolute atomic E-state index is 0.0512. The smallest absolute Gasteiger partial charge is 0.251 e. The highest BCUT2D eigenvalue weighted by atomic mass is 79.9. The van der Waals surface area contributed by atoms with Gasteiger partial charge in [0.25, 0.3) is 5.91 Å². The number of thiophene rings is 1. The lowest BCUT2D eigenvalue weighted by atomic mass is 10.1. The van der Waals surface area contributed by atoms with Crippen LogP contribution in [0.25, 0.3) is 0 Å². The minimum Gasteiger partial charge on any atom is -0.349 e. The van der Waals surface area contributed by atoms with Crippen molar-refractivity contribution < 1.29 is 4.79 Å². The Bertz CT molecular complexity index is 549. The van der Waals surface area contributed by atoms with Crippen LogP contribution in [0, 0.1) is 0 Å². The van der Waals surface area contributed by atoms with Gasteiger partial charge in [-0.15, -0.1) is 0 Å². The van der Waals surface area contributed by atoms with E-state index < -0.39 is 0 Å². The second-order valence-electron chi connectivity index (χ2n) is 4.37. The van der Waals surface area contributed by atoms with Gasteiger partial charge in [-0.1, -0.05) is 31.9 Å². The normalized spacial score (nSPS) is 12.2. The number of benzene rings is 1. The Kier molecular flexibility index (Phi) is 5.19. The molecule has 0 saturated heterocycles. The van der Waals surface area contributed by atoms with E-state index in [1.54, 1.807) is 11.3 Å². The van der Waals surface area contributed by atoms with E-state index in [9.17, 15) is 4.79 Å². The van der Waals surface area contributed by atoms with Crippen LogP contribution in [-0.2, 0) is 6.42 Å². The van der Waals surface area contributed by atoms with Gasteiger partial charge < -0.3 is 5.32 Å². The molecule has 1 aromatic heterocycles. The molecule has 5 heteroatoms. The molecule has 1 unspecified atom stereocenters. The van der Waals surface area contributed by atoms with Gasteiger partial charge in [0.1, 0.15) is 0 Å². The molecule has 19 heavy (non-hydrogen) atoms. The van der Waals surface area contributed by atoms with Crippen molar-refractivity contribution in [2.75, 3.05) is 0 Å². The fourth-order valence-corrected chi connectivity index (χ4v) is 3.78. The van der Waals surface area contributed by atoms with Gasteiger partial charge in [-0.2, -0.15) is 11.3 Å². The zero-order chi connectivity index (χ0) is 13.8. The molecule has 2 rings (SSSR count). The highest BCUT2D eigenvalue weighted by Crippen LogP contribution is 2.20. The molecule has 0 aliphatic carbocycles. The summed E-state index contributed by atoms with van der Waals surface area (Å²) in [6, 6.07) is 7.74. The van der Waals surface area contributed by atoms with Crippen LogP contribution in [0.15, 0.2) is 44.0 Å². The molecule has 0 fully saturated rings. The second kappa shape index (κ2) is 6.68. The highest BCUT2D eigenvalue weighted by molar-refractivity contribution is 9.11. The maximum Gasteiger partial charge on any atom is 0.251 e. The molecule has 1 amide bonds. The van der Waals surface area contributed by atoms with Crippen molar-refractivity contribution >= 4 is 49.1 Å². The molecule has 1 N–H and O–H groups in total. The number of hydrogen-bond acceptors (Lipinski definition) is 2. The lowest BCUT2D eigenvalue weighted by Gasteiger charge is -2.13. The van der Waals surface area contributed by atoms with Gasteiger partial charge in [0, 0.05) is 20.6 Å². The van der Waals surface area contributed by atoms with Crippen LogP contribution in [0.5, 0.6) is 0 Å². The zero-order valence-electron chi connectivity index (χ0n) is 10.3. The molecule has 0 saturated carbocycles. The minimum atomic E-state index is -0.0512. The Labute approximate surface area is 133 Å².